The van der Waals surface area contributed by atoms with Crippen LogP contribution < -0.4 is 4.74 Å². The molecule has 21 heavy (non-hydrogen) atoms. The van der Waals surface area contributed by atoms with E-state index in [1.54, 1.807) is 6.92 Å². The van der Waals surface area contributed by atoms with Crippen LogP contribution in [0.5, 0.6) is 11.6 Å². The lowest BCUT2D eigenvalue weighted by Crippen LogP contribution is -2.09. The van der Waals surface area contributed by atoms with Crippen LogP contribution in [0.25, 0.3) is 0 Å². The summed E-state index contributed by atoms with van der Waals surface area (Å²) >= 11 is 0. The van der Waals surface area contributed by atoms with Crippen LogP contribution in [-0.2, 0) is 6.18 Å². The van der Waals surface area contributed by atoms with E-state index in [-0.39, 0.29) is 11.4 Å². The van der Waals surface area contributed by atoms with Crippen LogP contribution >= 0.6 is 0 Å². The number of carboxylic acids is 1. The number of alkyl halides is 3. The van der Waals surface area contributed by atoms with Gasteiger partial charge < -0.3 is 9.84 Å². The zero-order valence-corrected chi connectivity index (χ0v) is 10.8. The van der Waals surface area contributed by atoms with Crippen molar-refractivity contribution in [3.63, 3.8) is 0 Å². The SMILES string of the molecule is Cc1ccc(C(=O)O)c(Oc2ccccc2C(F)(F)F)n1. The fourth-order valence-electron chi connectivity index (χ4n) is 1.67. The molecule has 110 valence electrons. The molecule has 0 saturated heterocycles. The summed E-state index contributed by atoms with van der Waals surface area (Å²) in [4.78, 5) is 14.9. The molecule has 0 radical (unpaired) electrons. The topological polar surface area (TPSA) is 59.4 Å². The predicted octanol–water partition coefficient (Wildman–Crippen LogP) is 3.90. The second-order valence-electron chi connectivity index (χ2n) is 4.21. The van der Waals surface area contributed by atoms with Gasteiger partial charge in [0, 0.05) is 5.69 Å². The third-order valence-electron chi connectivity index (χ3n) is 2.63. The molecule has 0 saturated carbocycles. The maximum absolute atomic E-state index is 12.9. The van der Waals surface area contributed by atoms with Crippen molar-refractivity contribution in [2.24, 2.45) is 0 Å². The molecule has 1 aromatic heterocycles. The van der Waals surface area contributed by atoms with Crippen LogP contribution in [0.2, 0.25) is 0 Å². The molecule has 4 nitrogen and oxygen atoms in total. The lowest BCUT2D eigenvalue weighted by Gasteiger charge is -2.14. The van der Waals surface area contributed by atoms with Crippen LogP contribution in [0.15, 0.2) is 36.4 Å². The first-order valence-electron chi connectivity index (χ1n) is 5.84. The van der Waals surface area contributed by atoms with Gasteiger partial charge in [0.2, 0.25) is 5.88 Å². The Hall–Kier alpha value is -2.57. The van der Waals surface area contributed by atoms with Crippen molar-refractivity contribution < 1.29 is 27.8 Å². The van der Waals surface area contributed by atoms with Crippen molar-refractivity contribution in [2.75, 3.05) is 0 Å². The van der Waals surface area contributed by atoms with Gasteiger partial charge in [0.25, 0.3) is 0 Å². The number of ether oxygens (including phenoxy) is 1. The summed E-state index contributed by atoms with van der Waals surface area (Å²) in [5.41, 5.74) is -0.873. The molecule has 0 amide bonds. The molecule has 0 unspecified atom stereocenters. The Morgan fingerprint density at radius 2 is 1.86 bits per heavy atom. The van der Waals surface area contributed by atoms with Crippen molar-refractivity contribution in [2.45, 2.75) is 13.1 Å². The monoisotopic (exact) mass is 297 g/mol. The number of hydrogen-bond donors (Lipinski definition) is 1. The molecule has 2 aromatic rings. The maximum atomic E-state index is 12.9. The lowest BCUT2D eigenvalue weighted by atomic mass is 10.2. The van der Waals surface area contributed by atoms with Gasteiger partial charge in [0.15, 0.2) is 0 Å². The molecule has 0 aliphatic heterocycles. The zero-order chi connectivity index (χ0) is 15.6. The van der Waals surface area contributed by atoms with Crippen LogP contribution in [0.1, 0.15) is 21.6 Å². The Labute approximate surface area is 117 Å². The standard InChI is InChI=1S/C14H10F3NO3/c1-8-6-7-9(13(19)20)12(18-8)21-11-5-3-2-4-10(11)14(15,16)17/h2-7H,1H3,(H,19,20). The molecule has 1 heterocycles. The van der Waals surface area contributed by atoms with Crippen LogP contribution in [0.4, 0.5) is 13.2 Å². The van der Waals surface area contributed by atoms with Gasteiger partial charge in [-0.2, -0.15) is 13.2 Å². The van der Waals surface area contributed by atoms with Gasteiger partial charge in [-0.25, -0.2) is 9.78 Å². The molecule has 1 aromatic carbocycles. The van der Waals surface area contributed by atoms with Crippen molar-refractivity contribution in [3.05, 3.63) is 53.2 Å². The van der Waals surface area contributed by atoms with E-state index in [9.17, 15) is 18.0 Å². The van der Waals surface area contributed by atoms with E-state index in [0.29, 0.717) is 5.69 Å². The Balaban J connectivity index is 2.49. The van der Waals surface area contributed by atoms with Gasteiger partial charge in [-0.05, 0) is 31.2 Å². The van der Waals surface area contributed by atoms with Crippen LogP contribution in [0.3, 0.4) is 0 Å². The Bertz CT molecular complexity index is 683. The fourth-order valence-corrected chi connectivity index (χ4v) is 1.67. The highest BCUT2D eigenvalue weighted by Gasteiger charge is 2.34. The Morgan fingerprint density at radius 1 is 1.19 bits per heavy atom. The van der Waals surface area contributed by atoms with E-state index in [4.69, 9.17) is 9.84 Å². The fraction of sp³-hybridized carbons (Fsp3) is 0.143. The van der Waals surface area contributed by atoms with Gasteiger partial charge in [-0.1, -0.05) is 12.1 Å². The largest absolute Gasteiger partial charge is 0.477 e. The predicted molar refractivity (Wildman–Crippen MR) is 67.5 cm³/mol. The van der Waals surface area contributed by atoms with E-state index in [2.05, 4.69) is 4.98 Å². The van der Waals surface area contributed by atoms with Crippen LogP contribution in [-0.4, -0.2) is 16.1 Å². The van der Waals surface area contributed by atoms with E-state index < -0.39 is 23.5 Å². The average molecular weight is 297 g/mol. The number of nitrogens with zero attached hydrogens (tertiary/aromatic N) is 1. The Kier molecular flexibility index (Phi) is 3.84. The quantitative estimate of drug-likeness (QED) is 0.933. The minimum absolute atomic E-state index is 0.308. The number of pyridine rings is 1. The van der Waals surface area contributed by atoms with Crippen molar-refractivity contribution in [3.8, 4) is 11.6 Å². The summed E-state index contributed by atoms with van der Waals surface area (Å²) in [5.74, 6) is -2.20. The molecule has 7 heteroatoms. The van der Waals surface area contributed by atoms with Gasteiger partial charge in [-0.15, -0.1) is 0 Å². The molecule has 1 N–H and O–H groups in total. The number of carbonyl (C=O) groups is 1. The number of carboxylic acid groups (broad SMARTS) is 1. The summed E-state index contributed by atoms with van der Waals surface area (Å²) in [6.45, 7) is 1.58. The van der Waals surface area contributed by atoms with Crippen molar-refractivity contribution in [1.82, 2.24) is 4.98 Å². The number of aryl methyl sites for hydroxylation is 1. The summed E-state index contributed by atoms with van der Waals surface area (Å²) in [6.07, 6.45) is -4.61. The molecule has 2 rings (SSSR count). The summed E-state index contributed by atoms with van der Waals surface area (Å²) in [6, 6.07) is 7.21. The average Bonchev–Trinajstić information content (AvgIpc) is 2.37. The molecular formula is C14H10F3NO3. The number of rotatable bonds is 3. The first-order valence-corrected chi connectivity index (χ1v) is 5.84. The van der Waals surface area contributed by atoms with E-state index in [1.165, 1.54) is 24.3 Å². The van der Waals surface area contributed by atoms with Gasteiger partial charge >= 0.3 is 12.1 Å². The highest BCUT2D eigenvalue weighted by atomic mass is 19.4. The smallest absolute Gasteiger partial charge is 0.419 e. The molecular weight excluding hydrogens is 287 g/mol. The molecule has 0 fully saturated rings. The summed E-state index contributed by atoms with van der Waals surface area (Å²) in [5, 5.41) is 9.02. The first kappa shape index (κ1) is 14.8. The number of para-hydroxylation sites is 1. The molecule has 0 aliphatic rings. The maximum Gasteiger partial charge on any atom is 0.419 e. The number of aromatic carboxylic acids is 1. The number of aromatic nitrogens is 1. The van der Waals surface area contributed by atoms with E-state index >= 15 is 0 Å². The molecule has 0 atom stereocenters. The highest BCUT2D eigenvalue weighted by molar-refractivity contribution is 5.90. The third kappa shape index (κ3) is 3.31. The second-order valence-corrected chi connectivity index (χ2v) is 4.21. The summed E-state index contributed by atoms with van der Waals surface area (Å²) < 4.78 is 43.7. The molecule has 0 spiro atoms. The normalized spacial score (nSPS) is 11.2. The highest BCUT2D eigenvalue weighted by Crippen LogP contribution is 2.38. The number of hydrogen-bond acceptors (Lipinski definition) is 3. The second kappa shape index (κ2) is 5.43. The number of halogens is 3. The lowest BCUT2D eigenvalue weighted by molar-refractivity contribution is -0.138. The van der Waals surface area contributed by atoms with Gasteiger partial charge in [0.05, 0.1) is 5.56 Å². The molecule has 0 bridgehead atoms. The van der Waals surface area contributed by atoms with Crippen LogP contribution in [0, 0.1) is 6.92 Å². The van der Waals surface area contributed by atoms with E-state index in [0.717, 1.165) is 12.1 Å². The van der Waals surface area contributed by atoms with Gasteiger partial charge in [0.1, 0.15) is 11.3 Å². The van der Waals surface area contributed by atoms with E-state index in [1.807, 2.05) is 0 Å². The van der Waals surface area contributed by atoms with Crippen molar-refractivity contribution >= 4 is 5.97 Å². The first-order chi connectivity index (χ1) is 9.79. The molecule has 0 aliphatic carbocycles. The van der Waals surface area contributed by atoms with Gasteiger partial charge in [-0.3, -0.25) is 0 Å². The van der Waals surface area contributed by atoms with Crippen molar-refractivity contribution in [1.29, 1.82) is 0 Å². The minimum Gasteiger partial charge on any atom is -0.477 e. The minimum atomic E-state index is -4.61. The summed E-state index contributed by atoms with van der Waals surface area (Å²) in [7, 11) is 0. The Morgan fingerprint density at radius 3 is 2.48 bits per heavy atom. The number of benzene rings is 1. The third-order valence-corrected chi connectivity index (χ3v) is 2.63. The zero-order valence-electron chi connectivity index (χ0n) is 10.8.